The molecule has 0 aliphatic heterocycles. The van der Waals surface area contributed by atoms with Crippen molar-refractivity contribution < 1.29 is 14.3 Å². The van der Waals surface area contributed by atoms with E-state index in [-0.39, 0.29) is 24.4 Å². The van der Waals surface area contributed by atoms with Gasteiger partial charge in [-0.25, -0.2) is 0 Å². The zero-order valence-corrected chi connectivity index (χ0v) is 15.3. The number of hydrogen-bond acceptors (Lipinski definition) is 4. The molecule has 0 heterocycles. The van der Waals surface area contributed by atoms with Gasteiger partial charge >= 0.3 is 0 Å². The van der Waals surface area contributed by atoms with Crippen LogP contribution in [0.25, 0.3) is 0 Å². The van der Waals surface area contributed by atoms with Gasteiger partial charge in [-0.3, -0.25) is 9.59 Å². The van der Waals surface area contributed by atoms with Gasteiger partial charge in [-0.2, -0.15) is 0 Å². The summed E-state index contributed by atoms with van der Waals surface area (Å²) in [5.74, 6) is 0.501. The Morgan fingerprint density at radius 1 is 0.962 bits per heavy atom. The Bertz CT molecular complexity index is 725. The van der Waals surface area contributed by atoms with E-state index in [1.807, 2.05) is 32.9 Å². The van der Waals surface area contributed by atoms with Gasteiger partial charge in [0.15, 0.2) is 0 Å². The molecular weight excluding hydrogens is 330 g/mol. The third kappa shape index (κ3) is 6.12. The summed E-state index contributed by atoms with van der Waals surface area (Å²) < 4.78 is 5.37. The molecule has 3 N–H and O–H groups in total. The van der Waals surface area contributed by atoms with Crippen LogP contribution in [-0.2, 0) is 4.79 Å². The number of nitrogens with one attached hydrogen (secondary N) is 3. The summed E-state index contributed by atoms with van der Waals surface area (Å²) in [6.07, 6.45) is 0. The molecule has 2 rings (SSSR count). The number of hydrogen-bond donors (Lipinski definition) is 3. The van der Waals surface area contributed by atoms with E-state index in [1.54, 1.807) is 36.4 Å². The molecule has 2 aromatic carbocycles. The third-order valence-electron chi connectivity index (χ3n) is 3.47. The fourth-order valence-electron chi connectivity index (χ4n) is 2.27. The minimum atomic E-state index is -0.157. The van der Waals surface area contributed by atoms with Crippen molar-refractivity contribution in [1.29, 1.82) is 0 Å². The summed E-state index contributed by atoms with van der Waals surface area (Å²) in [5.41, 5.74) is 2.07. The van der Waals surface area contributed by atoms with E-state index in [0.717, 1.165) is 11.4 Å². The molecule has 0 radical (unpaired) electrons. The highest BCUT2D eigenvalue weighted by atomic mass is 16.5. The summed E-state index contributed by atoms with van der Waals surface area (Å²) in [5, 5.41) is 8.68. The van der Waals surface area contributed by atoms with E-state index in [9.17, 15) is 9.59 Å². The van der Waals surface area contributed by atoms with Crippen molar-refractivity contribution in [3.05, 3.63) is 54.1 Å². The lowest BCUT2D eigenvalue weighted by Gasteiger charge is -2.10. The van der Waals surface area contributed by atoms with Crippen LogP contribution in [0.4, 0.5) is 11.4 Å². The molecule has 0 saturated carbocycles. The molecule has 2 amide bonds. The number of amides is 2. The molecule has 0 saturated heterocycles. The van der Waals surface area contributed by atoms with E-state index in [4.69, 9.17) is 4.74 Å². The van der Waals surface area contributed by atoms with Crippen molar-refractivity contribution in [1.82, 2.24) is 5.32 Å². The van der Waals surface area contributed by atoms with Crippen LogP contribution < -0.4 is 20.7 Å². The molecule has 0 spiro atoms. The van der Waals surface area contributed by atoms with E-state index in [1.165, 1.54) is 0 Å². The summed E-state index contributed by atoms with van der Waals surface area (Å²) >= 11 is 0. The van der Waals surface area contributed by atoms with Crippen LogP contribution in [0.15, 0.2) is 48.5 Å². The molecule has 0 fully saturated rings. The first-order chi connectivity index (χ1) is 12.5. The van der Waals surface area contributed by atoms with Crippen LogP contribution in [0.1, 0.15) is 31.1 Å². The number of anilines is 2. The van der Waals surface area contributed by atoms with Crippen molar-refractivity contribution in [2.45, 2.75) is 26.8 Å². The summed E-state index contributed by atoms with van der Waals surface area (Å²) in [4.78, 5) is 23.9. The average Bonchev–Trinajstić information content (AvgIpc) is 2.62. The zero-order valence-electron chi connectivity index (χ0n) is 15.3. The second kappa shape index (κ2) is 9.46. The van der Waals surface area contributed by atoms with E-state index in [0.29, 0.717) is 17.9 Å². The highest BCUT2D eigenvalue weighted by molar-refractivity contribution is 5.95. The second-order valence-corrected chi connectivity index (χ2v) is 6.06. The van der Waals surface area contributed by atoms with Gasteiger partial charge in [-0.05, 0) is 69.3 Å². The minimum Gasteiger partial charge on any atom is -0.494 e. The maximum atomic E-state index is 12.0. The van der Waals surface area contributed by atoms with E-state index < -0.39 is 0 Å². The van der Waals surface area contributed by atoms with Gasteiger partial charge in [0.1, 0.15) is 5.75 Å². The zero-order chi connectivity index (χ0) is 18.9. The molecular formula is C20H25N3O3. The molecule has 0 bridgehead atoms. The molecule has 0 aliphatic carbocycles. The van der Waals surface area contributed by atoms with Crippen molar-refractivity contribution >= 4 is 23.2 Å². The fourth-order valence-corrected chi connectivity index (χ4v) is 2.27. The van der Waals surface area contributed by atoms with Crippen LogP contribution in [0.3, 0.4) is 0 Å². The Morgan fingerprint density at radius 2 is 1.58 bits per heavy atom. The maximum Gasteiger partial charge on any atom is 0.251 e. The highest BCUT2D eigenvalue weighted by Crippen LogP contribution is 2.15. The van der Waals surface area contributed by atoms with Crippen LogP contribution in [-0.4, -0.2) is 31.0 Å². The Labute approximate surface area is 153 Å². The molecule has 26 heavy (non-hydrogen) atoms. The lowest BCUT2D eigenvalue weighted by molar-refractivity contribution is -0.114. The lowest BCUT2D eigenvalue weighted by atomic mass is 10.2. The van der Waals surface area contributed by atoms with Gasteiger partial charge in [0.25, 0.3) is 5.91 Å². The Hall–Kier alpha value is -3.02. The number of rotatable bonds is 8. The number of carbonyl (C=O) groups excluding carboxylic acids is 2. The smallest absolute Gasteiger partial charge is 0.251 e. The van der Waals surface area contributed by atoms with Gasteiger partial charge in [-0.15, -0.1) is 0 Å². The van der Waals surface area contributed by atoms with Gasteiger partial charge in [-0.1, -0.05) is 0 Å². The molecule has 2 aromatic rings. The van der Waals surface area contributed by atoms with Crippen LogP contribution in [0.5, 0.6) is 5.75 Å². The molecule has 6 nitrogen and oxygen atoms in total. The Balaban J connectivity index is 1.82. The molecule has 0 unspecified atom stereocenters. The first-order valence-corrected chi connectivity index (χ1v) is 8.65. The predicted molar refractivity (Wildman–Crippen MR) is 104 cm³/mol. The first-order valence-electron chi connectivity index (χ1n) is 8.65. The topological polar surface area (TPSA) is 79.5 Å². The number of ether oxygens (including phenoxy) is 1. The second-order valence-electron chi connectivity index (χ2n) is 6.06. The average molecular weight is 355 g/mol. The minimum absolute atomic E-state index is 0.0894. The van der Waals surface area contributed by atoms with Gasteiger partial charge < -0.3 is 20.7 Å². The van der Waals surface area contributed by atoms with Crippen molar-refractivity contribution in [3.63, 3.8) is 0 Å². The summed E-state index contributed by atoms with van der Waals surface area (Å²) in [6.45, 7) is 6.48. The van der Waals surface area contributed by atoms with Gasteiger partial charge in [0, 0.05) is 23.0 Å². The molecule has 138 valence electrons. The maximum absolute atomic E-state index is 12.0. The summed E-state index contributed by atoms with van der Waals surface area (Å²) in [7, 11) is 0. The Kier molecular flexibility index (Phi) is 7.02. The monoisotopic (exact) mass is 355 g/mol. The van der Waals surface area contributed by atoms with Gasteiger partial charge in [0.05, 0.1) is 13.2 Å². The predicted octanol–water partition coefficient (Wildman–Crippen LogP) is 3.27. The standard InChI is InChI=1S/C20H25N3O3/c1-4-26-18-11-9-17(10-12-18)23-19(24)13-21-16-7-5-15(6-8-16)20(25)22-14(2)3/h5-12,14,21H,4,13H2,1-3H3,(H,22,25)(H,23,24). The van der Waals surface area contributed by atoms with Crippen molar-refractivity contribution in [2.75, 3.05) is 23.8 Å². The lowest BCUT2D eigenvalue weighted by Crippen LogP contribution is -2.30. The van der Waals surface area contributed by atoms with Crippen molar-refractivity contribution in [3.8, 4) is 5.75 Å². The van der Waals surface area contributed by atoms with Crippen LogP contribution in [0.2, 0.25) is 0 Å². The quantitative estimate of drug-likeness (QED) is 0.679. The fraction of sp³-hybridized carbons (Fsp3) is 0.300. The van der Waals surface area contributed by atoms with Crippen molar-refractivity contribution in [2.24, 2.45) is 0 Å². The first kappa shape index (κ1) is 19.3. The normalized spacial score (nSPS) is 10.3. The van der Waals surface area contributed by atoms with Crippen LogP contribution in [0, 0.1) is 0 Å². The summed E-state index contributed by atoms with van der Waals surface area (Å²) in [6, 6.07) is 14.3. The third-order valence-corrected chi connectivity index (χ3v) is 3.47. The largest absolute Gasteiger partial charge is 0.494 e. The van der Waals surface area contributed by atoms with Gasteiger partial charge in [0.2, 0.25) is 5.91 Å². The molecule has 0 aromatic heterocycles. The van der Waals surface area contributed by atoms with Crippen LogP contribution >= 0.6 is 0 Å². The Morgan fingerprint density at radius 3 is 2.15 bits per heavy atom. The number of carbonyl (C=O) groups is 2. The SMILES string of the molecule is CCOc1ccc(NC(=O)CNc2ccc(C(=O)NC(C)C)cc2)cc1. The highest BCUT2D eigenvalue weighted by Gasteiger charge is 2.07. The van der Waals surface area contributed by atoms with E-state index >= 15 is 0 Å². The molecule has 0 atom stereocenters. The molecule has 0 aliphatic rings. The molecule has 6 heteroatoms. The number of benzene rings is 2. The van der Waals surface area contributed by atoms with E-state index in [2.05, 4.69) is 16.0 Å².